The number of benzene rings is 2. The summed E-state index contributed by atoms with van der Waals surface area (Å²) in [6.45, 7) is 8.46. The molecule has 184 valence electrons. The molecule has 0 unspecified atom stereocenters. The van der Waals surface area contributed by atoms with Gasteiger partial charge < -0.3 is 15.2 Å². The van der Waals surface area contributed by atoms with Crippen LogP contribution in [-0.4, -0.2) is 37.3 Å². The SMILES string of the molecule is CCn1c(SCC(=O)Nc2ccc([N+](=O)[O-])cc2)nnc1[C@H](NC(=O)c1cccc(C)c1)C(C)C. The molecular weight excluding hydrogens is 468 g/mol. The summed E-state index contributed by atoms with van der Waals surface area (Å²) < 4.78 is 1.89. The molecule has 0 spiro atoms. The van der Waals surface area contributed by atoms with Gasteiger partial charge in [0.1, 0.15) is 0 Å². The van der Waals surface area contributed by atoms with Gasteiger partial charge in [0.05, 0.1) is 16.7 Å². The lowest BCUT2D eigenvalue weighted by molar-refractivity contribution is -0.384. The molecule has 1 heterocycles. The first kappa shape index (κ1) is 25.9. The third kappa shape index (κ3) is 6.66. The number of nitrogens with one attached hydrogen (secondary N) is 2. The van der Waals surface area contributed by atoms with Gasteiger partial charge in [0.25, 0.3) is 11.6 Å². The highest BCUT2D eigenvalue weighted by molar-refractivity contribution is 7.99. The number of carbonyl (C=O) groups excluding carboxylic acids is 2. The minimum atomic E-state index is -0.496. The van der Waals surface area contributed by atoms with Crippen LogP contribution >= 0.6 is 11.8 Å². The smallest absolute Gasteiger partial charge is 0.269 e. The van der Waals surface area contributed by atoms with E-state index in [2.05, 4.69) is 20.8 Å². The van der Waals surface area contributed by atoms with Crippen LogP contribution < -0.4 is 10.6 Å². The summed E-state index contributed by atoms with van der Waals surface area (Å²) in [4.78, 5) is 35.5. The van der Waals surface area contributed by atoms with Crippen molar-refractivity contribution in [3.63, 3.8) is 0 Å². The van der Waals surface area contributed by atoms with Gasteiger partial charge in [-0.1, -0.05) is 43.3 Å². The van der Waals surface area contributed by atoms with Gasteiger partial charge in [-0.3, -0.25) is 19.7 Å². The highest BCUT2D eigenvalue weighted by atomic mass is 32.2. The second-order valence-electron chi connectivity index (χ2n) is 8.29. The highest BCUT2D eigenvalue weighted by Crippen LogP contribution is 2.26. The monoisotopic (exact) mass is 496 g/mol. The van der Waals surface area contributed by atoms with Gasteiger partial charge in [0.2, 0.25) is 5.91 Å². The van der Waals surface area contributed by atoms with Gasteiger partial charge >= 0.3 is 0 Å². The molecule has 3 aromatic rings. The third-order valence-corrected chi connectivity index (χ3v) is 6.23. The van der Waals surface area contributed by atoms with E-state index in [4.69, 9.17) is 0 Å². The van der Waals surface area contributed by atoms with E-state index >= 15 is 0 Å². The summed E-state index contributed by atoms with van der Waals surface area (Å²) in [7, 11) is 0. The lowest BCUT2D eigenvalue weighted by Crippen LogP contribution is -2.33. The average molecular weight is 497 g/mol. The zero-order chi connectivity index (χ0) is 25.5. The molecule has 0 aliphatic rings. The minimum absolute atomic E-state index is 0.0462. The quantitative estimate of drug-likeness (QED) is 0.242. The Kier molecular flexibility index (Phi) is 8.58. The number of hydrogen-bond donors (Lipinski definition) is 2. The largest absolute Gasteiger partial charge is 0.342 e. The van der Waals surface area contributed by atoms with E-state index in [9.17, 15) is 19.7 Å². The first-order chi connectivity index (χ1) is 16.7. The zero-order valence-corrected chi connectivity index (χ0v) is 20.8. The number of nitrogens with zero attached hydrogens (tertiary/aromatic N) is 4. The van der Waals surface area contributed by atoms with Crippen molar-refractivity contribution in [3.05, 3.63) is 75.6 Å². The normalized spacial score (nSPS) is 11.8. The standard InChI is InChI=1S/C24H28N6O4S/c1-5-29-22(21(15(2)3)26-23(32)17-8-6-7-16(4)13-17)27-28-24(29)35-14-20(31)25-18-9-11-19(12-10-18)30(33)34/h6-13,15,21H,5,14H2,1-4H3,(H,25,31)(H,26,32)/t21-/m1/s1. The molecule has 3 rings (SSSR count). The topological polar surface area (TPSA) is 132 Å². The number of carbonyl (C=O) groups is 2. The Hall–Kier alpha value is -3.73. The first-order valence-corrected chi connectivity index (χ1v) is 12.2. The number of amides is 2. The number of thioether (sulfide) groups is 1. The van der Waals surface area contributed by atoms with Crippen molar-refractivity contribution < 1.29 is 14.5 Å². The van der Waals surface area contributed by atoms with Crippen LogP contribution in [-0.2, 0) is 11.3 Å². The molecule has 0 saturated heterocycles. The van der Waals surface area contributed by atoms with Gasteiger partial charge in [-0.2, -0.15) is 0 Å². The molecule has 2 N–H and O–H groups in total. The molecule has 1 aromatic heterocycles. The van der Waals surface area contributed by atoms with Crippen LogP contribution in [0.4, 0.5) is 11.4 Å². The number of nitro benzene ring substituents is 1. The van der Waals surface area contributed by atoms with E-state index < -0.39 is 4.92 Å². The van der Waals surface area contributed by atoms with E-state index in [1.165, 1.54) is 36.0 Å². The Morgan fingerprint density at radius 3 is 2.46 bits per heavy atom. The fourth-order valence-electron chi connectivity index (χ4n) is 3.47. The molecule has 0 saturated carbocycles. The number of non-ortho nitro benzene ring substituents is 1. The van der Waals surface area contributed by atoms with Gasteiger partial charge in [0, 0.05) is 29.9 Å². The second-order valence-corrected chi connectivity index (χ2v) is 9.23. The molecule has 0 aliphatic carbocycles. The highest BCUT2D eigenvalue weighted by Gasteiger charge is 2.26. The van der Waals surface area contributed by atoms with Crippen molar-refractivity contribution in [2.75, 3.05) is 11.1 Å². The van der Waals surface area contributed by atoms with Crippen molar-refractivity contribution in [1.82, 2.24) is 20.1 Å². The van der Waals surface area contributed by atoms with Crippen LogP contribution in [0, 0.1) is 23.0 Å². The molecule has 0 fully saturated rings. The molecule has 2 amide bonds. The maximum absolute atomic E-state index is 12.9. The van der Waals surface area contributed by atoms with Crippen LogP contribution in [0.5, 0.6) is 0 Å². The Morgan fingerprint density at radius 1 is 1.14 bits per heavy atom. The number of anilines is 1. The molecule has 0 bridgehead atoms. The second kappa shape index (κ2) is 11.6. The third-order valence-electron chi connectivity index (χ3n) is 5.27. The van der Waals surface area contributed by atoms with Gasteiger partial charge in [-0.15, -0.1) is 10.2 Å². The van der Waals surface area contributed by atoms with Crippen LogP contribution in [0.25, 0.3) is 0 Å². The molecule has 0 aliphatic heterocycles. The number of rotatable bonds is 10. The van der Waals surface area contributed by atoms with Crippen LogP contribution in [0.3, 0.4) is 0 Å². The van der Waals surface area contributed by atoms with Crippen LogP contribution in [0.1, 0.15) is 48.6 Å². The lowest BCUT2D eigenvalue weighted by atomic mass is 10.0. The lowest BCUT2D eigenvalue weighted by Gasteiger charge is -2.22. The van der Waals surface area contributed by atoms with Crippen molar-refractivity contribution >= 4 is 35.0 Å². The first-order valence-electron chi connectivity index (χ1n) is 11.2. The molecular formula is C24H28N6O4S. The fourth-order valence-corrected chi connectivity index (χ4v) is 4.28. The number of hydrogen-bond acceptors (Lipinski definition) is 7. The Morgan fingerprint density at radius 2 is 1.86 bits per heavy atom. The van der Waals surface area contributed by atoms with Crippen molar-refractivity contribution in [2.45, 2.75) is 45.4 Å². The maximum Gasteiger partial charge on any atom is 0.269 e. The van der Waals surface area contributed by atoms with Gasteiger partial charge in [0.15, 0.2) is 11.0 Å². The summed E-state index contributed by atoms with van der Waals surface area (Å²) in [5.41, 5.74) is 2.00. The number of nitro groups is 1. The molecule has 11 heteroatoms. The number of aromatic nitrogens is 3. The minimum Gasteiger partial charge on any atom is -0.342 e. The maximum atomic E-state index is 12.9. The van der Waals surface area contributed by atoms with Crippen molar-refractivity contribution in [1.29, 1.82) is 0 Å². The van der Waals surface area contributed by atoms with E-state index in [1.54, 1.807) is 6.07 Å². The van der Waals surface area contributed by atoms with Gasteiger partial charge in [-0.05, 0) is 44.0 Å². The molecule has 2 aromatic carbocycles. The molecule has 0 radical (unpaired) electrons. The predicted octanol–water partition coefficient (Wildman–Crippen LogP) is 4.37. The fraction of sp³-hybridized carbons (Fsp3) is 0.333. The Labute approximate surface area is 207 Å². The summed E-state index contributed by atoms with van der Waals surface area (Å²) in [6.07, 6.45) is 0. The van der Waals surface area contributed by atoms with E-state index in [-0.39, 0.29) is 35.2 Å². The van der Waals surface area contributed by atoms with Crippen molar-refractivity contribution in [2.24, 2.45) is 5.92 Å². The summed E-state index contributed by atoms with van der Waals surface area (Å²) in [5.74, 6) is 0.305. The average Bonchev–Trinajstić information content (AvgIpc) is 3.23. The van der Waals surface area contributed by atoms with Gasteiger partial charge in [-0.25, -0.2) is 0 Å². The molecule has 35 heavy (non-hydrogen) atoms. The summed E-state index contributed by atoms with van der Waals surface area (Å²) >= 11 is 1.23. The van der Waals surface area contributed by atoms with E-state index in [0.29, 0.717) is 28.8 Å². The summed E-state index contributed by atoms with van der Waals surface area (Å²) in [6, 6.07) is 12.7. The van der Waals surface area contributed by atoms with E-state index in [0.717, 1.165) is 5.56 Å². The van der Waals surface area contributed by atoms with Crippen LogP contribution in [0.2, 0.25) is 0 Å². The predicted molar refractivity (Wildman–Crippen MR) is 134 cm³/mol. The Balaban J connectivity index is 1.68. The van der Waals surface area contributed by atoms with Crippen molar-refractivity contribution in [3.8, 4) is 0 Å². The molecule has 10 nitrogen and oxygen atoms in total. The van der Waals surface area contributed by atoms with E-state index in [1.807, 2.05) is 50.5 Å². The number of aryl methyl sites for hydroxylation is 1. The summed E-state index contributed by atoms with van der Waals surface area (Å²) in [5, 5.41) is 25.7. The zero-order valence-electron chi connectivity index (χ0n) is 20.0. The Bertz CT molecular complexity index is 1210. The van der Waals surface area contributed by atoms with Crippen LogP contribution in [0.15, 0.2) is 53.7 Å². The molecule has 1 atom stereocenters.